The Kier molecular flexibility index (Phi) is 3.19. The Morgan fingerprint density at radius 2 is 2.10 bits per heavy atom. The minimum absolute atomic E-state index is 0.427. The minimum atomic E-state index is 0.427. The van der Waals surface area contributed by atoms with Crippen molar-refractivity contribution in [2.24, 2.45) is 0 Å². The molecule has 1 N–H and O–H groups in total. The van der Waals surface area contributed by atoms with Crippen LogP contribution < -0.4 is 4.74 Å². The van der Waals surface area contributed by atoms with Gasteiger partial charge in [-0.1, -0.05) is 12.1 Å². The number of rotatable bonds is 2. The van der Waals surface area contributed by atoms with Crippen LogP contribution in [-0.2, 0) is 19.3 Å². The Morgan fingerprint density at radius 3 is 3.05 bits per heavy atom. The predicted octanol–water partition coefficient (Wildman–Crippen LogP) is 2.51. The molecule has 2 aliphatic rings. The highest BCUT2D eigenvalue weighted by Gasteiger charge is 2.22. The molecular weight excluding hydrogens is 262 g/mol. The van der Waals surface area contributed by atoms with Crippen LogP contribution in [0.5, 0.6) is 5.75 Å². The van der Waals surface area contributed by atoms with Gasteiger partial charge in [-0.25, -0.2) is 0 Å². The van der Waals surface area contributed by atoms with Crippen LogP contribution in [-0.4, -0.2) is 34.8 Å². The standard InChI is InChI=1S/C17H21N3O/c1-12(14-3-2-13-6-9-21-17(13)10-14)20-7-4-15-11-18-19-16(15)5-8-20/h2-3,10-12H,4-9H2,1H3,(H,18,19). The van der Waals surface area contributed by atoms with Crippen LogP contribution in [0.15, 0.2) is 24.4 Å². The number of H-pyrrole nitrogens is 1. The number of aromatic nitrogens is 2. The predicted molar refractivity (Wildman–Crippen MR) is 81.6 cm³/mol. The summed E-state index contributed by atoms with van der Waals surface area (Å²) < 4.78 is 5.71. The normalized spacial score (nSPS) is 19.5. The summed E-state index contributed by atoms with van der Waals surface area (Å²) in [6.45, 7) is 5.30. The quantitative estimate of drug-likeness (QED) is 0.920. The third-order valence-electron chi connectivity index (χ3n) is 4.88. The number of hydrogen-bond acceptors (Lipinski definition) is 3. The summed E-state index contributed by atoms with van der Waals surface area (Å²) in [4.78, 5) is 2.56. The van der Waals surface area contributed by atoms with Crippen LogP contribution in [0.2, 0.25) is 0 Å². The lowest BCUT2D eigenvalue weighted by Crippen LogP contribution is -2.29. The molecule has 0 saturated heterocycles. The Labute approximate surface area is 125 Å². The topological polar surface area (TPSA) is 41.1 Å². The highest BCUT2D eigenvalue weighted by molar-refractivity contribution is 5.41. The van der Waals surface area contributed by atoms with Crippen LogP contribution in [0.4, 0.5) is 0 Å². The van der Waals surface area contributed by atoms with Crippen LogP contribution in [0, 0.1) is 0 Å². The van der Waals surface area contributed by atoms with Gasteiger partial charge in [-0.3, -0.25) is 10.00 Å². The van der Waals surface area contributed by atoms with Crippen molar-refractivity contribution in [1.82, 2.24) is 15.1 Å². The van der Waals surface area contributed by atoms with Crippen molar-refractivity contribution in [2.75, 3.05) is 19.7 Å². The first-order valence-corrected chi connectivity index (χ1v) is 7.82. The van der Waals surface area contributed by atoms with E-state index in [1.807, 2.05) is 6.20 Å². The molecule has 0 saturated carbocycles. The summed E-state index contributed by atoms with van der Waals surface area (Å²) >= 11 is 0. The van der Waals surface area contributed by atoms with E-state index in [1.165, 1.54) is 22.4 Å². The van der Waals surface area contributed by atoms with E-state index in [2.05, 4.69) is 40.2 Å². The zero-order valence-electron chi connectivity index (χ0n) is 12.4. The van der Waals surface area contributed by atoms with Gasteiger partial charge in [0.15, 0.2) is 0 Å². The number of hydrogen-bond donors (Lipinski definition) is 1. The van der Waals surface area contributed by atoms with Gasteiger partial charge in [0, 0.05) is 37.7 Å². The second-order valence-corrected chi connectivity index (χ2v) is 6.05. The van der Waals surface area contributed by atoms with Gasteiger partial charge in [-0.2, -0.15) is 5.10 Å². The van der Waals surface area contributed by atoms with E-state index in [0.717, 1.165) is 44.7 Å². The third-order valence-corrected chi connectivity index (χ3v) is 4.88. The second-order valence-electron chi connectivity index (χ2n) is 6.05. The molecule has 0 fully saturated rings. The Bertz CT molecular complexity index is 627. The fourth-order valence-corrected chi connectivity index (χ4v) is 3.44. The van der Waals surface area contributed by atoms with Gasteiger partial charge in [-0.05, 0) is 36.1 Å². The van der Waals surface area contributed by atoms with E-state index in [1.54, 1.807) is 0 Å². The van der Waals surface area contributed by atoms with Gasteiger partial charge >= 0.3 is 0 Å². The summed E-state index contributed by atoms with van der Waals surface area (Å²) in [5, 5.41) is 7.29. The Morgan fingerprint density at radius 1 is 1.19 bits per heavy atom. The van der Waals surface area contributed by atoms with Crippen LogP contribution in [0.1, 0.15) is 35.3 Å². The summed E-state index contributed by atoms with van der Waals surface area (Å²) in [6.07, 6.45) is 5.17. The van der Waals surface area contributed by atoms with Gasteiger partial charge in [0.1, 0.15) is 5.75 Å². The zero-order chi connectivity index (χ0) is 14.2. The first kappa shape index (κ1) is 12.9. The smallest absolute Gasteiger partial charge is 0.122 e. The van der Waals surface area contributed by atoms with Crippen molar-refractivity contribution in [3.8, 4) is 5.75 Å². The maximum Gasteiger partial charge on any atom is 0.122 e. The van der Waals surface area contributed by atoms with Gasteiger partial charge < -0.3 is 4.74 Å². The summed E-state index contributed by atoms with van der Waals surface area (Å²) in [5.41, 5.74) is 5.39. The third kappa shape index (κ3) is 2.33. The molecule has 110 valence electrons. The molecule has 2 aliphatic heterocycles. The lowest BCUT2D eigenvalue weighted by Gasteiger charge is -2.28. The van der Waals surface area contributed by atoms with Crippen molar-refractivity contribution in [3.05, 3.63) is 46.8 Å². The average molecular weight is 283 g/mol. The molecule has 4 rings (SSSR count). The molecule has 1 atom stereocenters. The highest BCUT2D eigenvalue weighted by Crippen LogP contribution is 2.31. The molecule has 2 aromatic rings. The van der Waals surface area contributed by atoms with E-state index in [9.17, 15) is 0 Å². The summed E-state index contributed by atoms with van der Waals surface area (Å²) in [7, 11) is 0. The first-order valence-electron chi connectivity index (χ1n) is 7.82. The molecule has 4 heteroatoms. The summed E-state index contributed by atoms with van der Waals surface area (Å²) in [6, 6.07) is 7.16. The molecule has 1 aromatic heterocycles. The van der Waals surface area contributed by atoms with Crippen LogP contribution in [0.25, 0.3) is 0 Å². The molecule has 1 aromatic carbocycles. The van der Waals surface area contributed by atoms with Gasteiger partial charge in [0.25, 0.3) is 0 Å². The van der Waals surface area contributed by atoms with Crippen LogP contribution >= 0.6 is 0 Å². The molecule has 0 amide bonds. The van der Waals surface area contributed by atoms with Gasteiger partial charge in [0.2, 0.25) is 0 Å². The second kappa shape index (κ2) is 5.19. The minimum Gasteiger partial charge on any atom is -0.493 e. The SMILES string of the molecule is CC(c1ccc2c(c1)OCC2)N1CCc2cn[nH]c2CC1. The molecule has 0 spiro atoms. The molecule has 3 heterocycles. The highest BCUT2D eigenvalue weighted by atomic mass is 16.5. The van der Waals surface area contributed by atoms with E-state index in [4.69, 9.17) is 4.74 Å². The van der Waals surface area contributed by atoms with E-state index >= 15 is 0 Å². The largest absolute Gasteiger partial charge is 0.493 e. The van der Waals surface area contributed by atoms with E-state index in [-0.39, 0.29) is 0 Å². The number of fused-ring (bicyclic) bond motifs is 2. The first-order chi connectivity index (χ1) is 10.3. The van der Waals surface area contributed by atoms with Crippen molar-refractivity contribution >= 4 is 0 Å². The van der Waals surface area contributed by atoms with E-state index in [0.29, 0.717) is 6.04 Å². The van der Waals surface area contributed by atoms with E-state index < -0.39 is 0 Å². The fourth-order valence-electron chi connectivity index (χ4n) is 3.44. The molecule has 4 nitrogen and oxygen atoms in total. The molecule has 0 aliphatic carbocycles. The number of nitrogens with zero attached hydrogens (tertiary/aromatic N) is 2. The number of ether oxygens (including phenoxy) is 1. The van der Waals surface area contributed by atoms with Crippen molar-refractivity contribution in [1.29, 1.82) is 0 Å². The van der Waals surface area contributed by atoms with Gasteiger partial charge in [0.05, 0.1) is 12.8 Å². The fraction of sp³-hybridized carbons (Fsp3) is 0.471. The average Bonchev–Trinajstić information content (AvgIpc) is 3.11. The van der Waals surface area contributed by atoms with Crippen molar-refractivity contribution in [2.45, 2.75) is 32.2 Å². The van der Waals surface area contributed by atoms with Crippen molar-refractivity contribution in [3.63, 3.8) is 0 Å². The monoisotopic (exact) mass is 283 g/mol. The molecule has 0 radical (unpaired) electrons. The van der Waals surface area contributed by atoms with Gasteiger partial charge in [-0.15, -0.1) is 0 Å². The van der Waals surface area contributed by atoms with Crippen LogP contribution in [0.3, 0.4) is 0 Å². The number of benzene rings is 1. The lowest BCUT2D eigenvalue weighted by atomic mass is 10.0. The number of aromatic amines is 1. The zero-order valence-corrected chi connectivity index (χ0v) is 12.4. The lowest BCUT2D eigenvalue weighted by molar-refractivity contribution is 0.220. The Hall–Kier alpha value is -1.81. The molecule has 21 heavy (non-hydrogen) atoms. The molecular formula is C17H21N3O. The van der Waals surface area contributed by atoms with Crippen molar-refractivity contribution < 1.29 is 4.74 Å². The Balaban J connectivity index is 1.52. The number of nitrogens with one attached hydrogen (secondary N) is 1. The molecule has 0 bridgehead atoms. The molecule has 1 unspecified atom stereocenters. The maximum atomic E-state index is 5.71. The maximum absolute atomic E-state index is 5.71. The summed E-state index contributed by atoms with van der Waals surface area (Å²) in [5.74, 6) is 1.09.